The highest BCUT2D eigenvalue weighted by molar-refractivity contribution is 7.88. The fraction of sp³-hybridized carbons (Fsp3) is 0.667. The molecule has 0 aromatic carbocycles. The standard InChI is InChI=1S/C15H22N2O4S2/c1-23(19,20)16-9-13-3-2-5-15(21-13)6-7-17(11-15)14(18)12-4-8-22-10-12/h4,8,10,13,16H,2-3,5-7,9,11H2,1H3/t13-,15+/m0/s1. The molecule has 0 saturated carbocycles. The van der Waals surface area contributed by atoms with Gasteiger partial charge < -0.3 is 9.64 Å². The van der Waals surface area contributed by atoms with Crippen LogP contribution in [0, 0.1) is 0 Å². The van der Waals surface area contributed by atoms with Gasteiger partial charge in [-0.15, -0.1) is 0 Å². The maximum Gasteiger partial charge on any atom is 0.254 e. The smallest absolute Gasteiger partial charge is 0.254 e. The number of hydrogen-bond donors (Lipinski definition) is 1. The molecule has 3 rings (SSSR count). The summed E-state index contributed by atoms with van der Waals surface area (Å²) >= 11 is 1.52. The zero-order valence-electron chi connectivity index (χ0n) is 13.2. The van der Waals surface area contributed by atoms with Crippen LogP contribution in [0.15, 0.2) is 16.8 Å². The van der Waals surface area contributed by atoms with Gasteiger partial charge in [-0.3, -0.25) is 4.79 Å². The summed E-state index contributed by atoms with van der Waals surface area (Å²) in [6, 6.07) is 1.85. The lowest BCUT2D eigenvalue weighted by atomic mass is 9.90. The van der Waals surface area contributed by atoms with Crippen LogP contribution in [0.1, 0.15) is 36.0 Å². The monoisotopic (exact) mass is 358 g/mol. The van der Waals surface area contributed by atoms with Gasteiger partial charge in [-0.05, 0) is 37.1 Å². The van der Waals surface area contributed by atoms with E-state index in [9.17, 15) is 13.2 Å². The molecule has 23 heavy (non-hydrogen) atoms. The van der Waals surface area contributed by atoms with E-state index in [4.69, 9.17) is 4.74 Å². The molecule has 2 aliphatic rings. The van der Waals surface area contributed by atoms with Crippen molar-refractivity contribution >= 4 is 27.3 Å². The van der Waals surface area contributed by atoms with E-state index in [1.54, 1.807) is 0 Å². The first kappa shape index (κ1) is 16.9. The summed E-state index contributed by atoms with van der Waals surface area (Å²) in [6.07, 6.45) is 4.63. The van der Waals surface area contributed by atoms with Crippen LogP contribution < -0.4 is 4.72 Å². The van der Waals surface area contributed by atoms with Gasteiger partial charge in [0.15, 0.2) is 0 Å². The molecular weight excluding hydrogens is 336 g/mol. The molecular formula is C15H22N2O4S2. The molecule has 1 amide bonds. The van der Waals surface area contributed by atoms with E-state index < -0.39 is 10.0 Å². The van der Waals surface area contributed by atoms with Crippen molar-refractivity contribution in [3.8, 4) is 0 Å². The van der Waals surface area contributed by atoms with Crippen LogP contribution in [0.2, 0.25) is 0 Å². The van der Waals surface area contributed by atoms with Gasteiger partial charge in [0.25, 0.3) is 5.91 Å². The minimum absolute atomic E-state index is 0.0584. The molecule has 1 spiro atoms. The van der Waals surface area contributed by atoms with Crippen LogP contribution in [-0.4, -0.2) is 56.8 Å². The Morgan fingerprint density at radius 3 is 3.04 bits per heavy atom. The lowest BCUT2D eigenvalue weighted by Crippen LogP contribution is -2.47. The largest absolute Gasteiger partial charge is 0.368 e. The molecule has 2 fully saturated rings. The Labute approximate surface area is 140 Å². The van der Waals surface area contributed by atoms with Crippen LogP contribution in [-0.2, 0) is 14.8 Å². The number of hydrogen-bond acceptors (Lipinski definition) is 5. The van der Waals surface area contributed by atoms with E-state index in [0.717, 1.165) is 37.5 Å². The Hall–Kier alpha value is -0.960. The first-order valence-corrected chi connectivity index (χ1v) is 10.6. The molecule has 2 saturated heterocycles. The molecule has 1 N–H and O–H groups in total. The number of nitrogens with one attached hydrogen (secondary N) is 1. The second kappa shape index (κ2) is 6.51. The van der Waals surface area contributed by atoms with Crippen LogP contribution >= 0.6 is 11.3 Å². The van der Waals surface area contributed by atoms with Gasteiger partial charge in [0.2, 0.25) is 10.0 Å². The summed E-state index contributed by atoms with van der Waals surface area (Å²) in [5, 5.41) is 3.77. The number of likely N-dealkylation sites (tertiary alicyclic amines) is 1. The Morgan fingerprint density at radius 1 is 1.52 bits per heavy atom. The summed E-state index contributed by atoms with van der Waals surface area (Å²) < 4.78 is 31.2. The Bertz CT molecular complexity index is 659. The maximum absolute atomic E-state index is 12.5. The van der Waals surface area contributed by atoms with Gasteiger partial charge in [0, 0.05) is 18.5 Å². The van der Waals surface area contributed by atoms with Crippen molar-refractivity contribution in [1.29, 1.82) is 0 Å². The quantitative estimate of drug-likeness (QED) is 0.884. The van der Waals surface area contributed by atoms with Crippen LogP contribution in [0.4, 0.5) is 0 Å². The van der Waals surface area contributed by atoms with Gasteiger partial charge in [-0.2, -0.15) is 11.3 Å². The molecule has 2 aliphatic heterocycles. The third kappa shape index (κ3) is 4.12. The first-order chi connectivity index (χ1) is 10.9. The third-order valence-electron chi connectivity index (χ3n) is 4.52. The molecule has 6 nitrogen and oxygen atoms in total. The zero-order valence-corrected chi connectivity index (χ0v) is 14.8. The van der Waals surface area contributed by atoms with E-state index >= 15 is 0 Å². The molecule has 0 radical (unpaired) electrons. The highest BCUT2D eigenvalue weighted by atomic mass is 32.2. The number of sulfonamides is 1. The zero-order chi connectivity index (χ0) is 16.5. The summed E-state index contributed by atoms with van der Waals surface area (Å²) in [7, 11) is -3.21. The summed E-state index contributed by atoms with van der Waals surface area (Å²) in [6.45, 7) is 1.59. The van der Waals surface area contributed by atoms with Gasteiger partial charge in [-0.25, -0.2) is 13.1 Å². The number of carbonyl (C=O) groups excluding carboxylic acids is 1. The molecule has 1 aromatic heterocycles. The van der Waals surface area contributed by atoms with E-state index in [0.29, 0.717) is 19.6 Å². The Balaban J connectivity index is 1.61. The molecule has 1 aromatic rings. The average molecular weight is 358 g/mol. The molecule has 0 unspecified atom stereocenters. The van der Waals surface area contributed by atoms with Crippen molar-refractivity contribution in [3.63, 3.8) is 0 Å². The number of carbonyl (C=O) groups is 1. The SMILES string of the molecule is CS(=O)(=O)NC[C@@H]1CCC[C@]2(CCN(C(=O)c3ccsc3)C2)O1. The highest BCUT2D eigenvalue weighted by Crippen LogP contribution is 2.37. The predicted molar refractivity (Wildman–Crippen MR) is 89.1 cm³/mol. The third-order valence-corrected chi connectivity index (χ3v) is 5.89. The first-order valence-electron chi connectivity index (χ1n) is 7.81. The summed E-state index contributed by atoms with van der Waals surface area (Å²) in [5.74, 6) is 0.0584. The highest BCUT2D eigenvalue weighted by Gasteiger charge is 2.44. The van der Waals surface area contributed by atoms with Gasteiger partial charge in [0.05, 0.1) is 30.1 Å². The summed E-state index contributed by atoms with van der Waals surface area (Å²) in [4.78, 5) is 14.3. The van der Waals surface area contributed by atoms with Crippen LogP contribution in [0.3, 0.4) is 0 Å². The van der Waals surface area contributed by atoms with E-state index in [2.05, 4.69) is 4.72 Å². The predicted octanol–water partition coefficient (Wildman–Crippen LogP) is 1.45. The number of nitrogens with zero attached hydrogens (tertiary/aromatic N) is 1. The fourth-order valence-electron chi connectivity index (χ4n) is 3.40. The van der Waals surface area contributed by atoms with E-state index in [-0.39, 0.29) is 17.6 Å². The van der Waals surface area contributed by atoms with E-state index in [1.807, 2.05) is 21.7 Å². The number of thiophene rings is 1. The van der Waals surface area contributed by atoms with Crippen molar-refractivity contribution in [2.45, 2.75) is 37.4 Å². The van der Waals surface area contributed by atoms with Gasteiger partial charge in [0.1, 0.15) is 0 Å². The molecule has 0 aliphatic carbocycles. The minimum Gasteiger partial charge on any atom is -0.368 e. The maximum atomic E-state index is 12.5. The van der Waals surface area contributed by atoms with Gasteiger partial charge in [-0.1, -0.05) is 0 Å². The van der Waals surface area contributed by atoms with Crippen LogP contribution in [0.5, 0.6) is 0 Å². The topological polar surface area (TPSA) is 75.7 Å². The molecule has 8 heteroatoms. The average Bonchev–Trinajstić information content (AvgIpc) is 3.14. The second-order valence-corrected chi connectivity index (χ2v) is 9.04. The Kier molecular flexibility index (Phi) is 4.78. The molecule has 128 valence electrons. The van der Waals surface area contributed by atoms with Crippen molar-refractivity contribution in [1.82, 2.24) is 9.62 Å². The number of ether oxygens (including phenoxy) is 1. The van der Waals surface area contributed by atoms with Crippen molar-refractivity contribution in [3.05, 3.63) is 22.4 Å². The van der Waals surface area contributed by atoms with Gasteiger partial charge >= 0.3 is 0 Å². The Morgan fingerprint density at radius 2 is 2.35 bits per heavy atom. The minimum atomic E-state index is -3.21. The normalized spacial score (nSPS) is 28.4. The van der Waals surface area contributed by atoms with Crippen molar-refractivity contribution in [2.75, 3.05) is 25.9 Å². The van der Waals surface area contributed by atoms with Crippen molar-refractivity contribution in [2.24, 2.45) is 0 Å². The number of rotatable bonds is 4. The van der Waals surface area contributed by atoms with E-state index in [1.165, 1.54) is 11.3 Å². The van der Waals surface area contributed by atoms with Crippen LogP contribution in [0.25, 0.3) is 0 Å². The second-order valence-electron chi connectivity index (χ2n) is 6.42. The fourth-order valence-corrected chi connectivity index (χ4v) is 4.52. The molecule has 2 atom stereocenters. The molecule has 0 bridgehead atoms. The summed E-state index contributed by atoms with van der Waals surface area (Å²) in [5.41, 5.74) is 0.423. The van der Waals surface area contributed by atoms with Crippen molar-refractivity contribution < 1.29 is 17.9 Å². The number of amides is 1. The lowest BCUT2D eigenvalue weighted by molar-refractivity contribution is -0.116. The molecule has 3 heterocycles. The lowest BCUT2D eigenvalue weighted by Gasteiger charge is -2.38.